The van der Waals surface area contributed by atoms with E-state index in [0.717, 1.165) is 12.3 Å². The van der Waals surface area contributed by atoms with Crippen LogP contribution in [0, 0.1) is 0 Å². The number of nitrogens with two attached hydrogens (primary N) is 1. The topological polar surface area (TPSA) is 38.0 Å². The Morgan fingerprint density at radius 2 is 2.11 bits per heavy atom. The summed E-state index contributed by atoms with van der Waals surface area (Å²) in [5.74, 6) is 6.55. The normalized spacial score (nSPS) is 17.2. The summed E-state index contributed by atoms with van der Waals surface area (Å²) in [5.41, 5.74) is 5.87. The lowest BCUT2D eigenvalue weighted by atomic mass is 9.79. The van der Waals surface area contributed by atoms with Gasteiger partial charge in [-0.25, -0.2) is 0 Å². The molecular weight excluding hydrogens is 232 g/mol. The van der Waals surface area contributed by atoms with Crippen LogP contribution in [0.25, 0.3) is 0 Å². The zero-order chi connectivity index (χ0) is 13.5. The van der Waals surface area contributed by atoms with Gasteiger partial charge in [-0.05, 0) is 36.3 Å². The zero-order valence-electron chi connectivity index (χ0n) is 12.2. The van der Waals surface area contributed by atoms with Gasteiger partial charge in [0.1, 0.15) is 0 Å². The maximum Gasteiger partial charge on any atom is 0.0460 e. The molecular formula is C17H28N2. The van der Waals surface area contributed by atoms with Gasteiger partial charge in [-0.3, -0.25) is 11.3 Å². The average Bonchev–Trinajstić information content (AvgIpc) is 2.37. The number of hydrazine groups is 1. The summed E-state index contributed by atoms with van der Waals surface area (Å²) in [4.78, 5) is 0. The zero-order valence-corrected chi connectivity index (χ0v) is 12.2. The van der Waals surface area contributed by atoms with Crippen molar-refractivity contribution in [2.24, 2.45) is 5.84 Å². The summed E-state index contributed by atoms with van der Waals surface area (Å²) in [6, 6.07) is 9.37. The van der Waals surface area contributed by atoms with Gasteiger partial charge in [-0.2, -0.15) is 0 Å². The van der Waals surface area contributed by atoms with Gasteiger partial charge in [0.25, 0.3) is 0 Å². The highest BCUT2D eigenvalue weighted by molar-refractivity contribution is 5.29. The number of rotatable bonds is 8. The SMILES string of the molecule is CCCCCCC(NN)c1cccc(C2CCC2)c1. The van der Waals surface area contributed by atoms with Gasteiger partial charge in [0.15, 0.2) is 0 Å². The quantitative estimate of drug-likeness (QED) is 0.412. The number of unbranched alkanes of at least 4 members (excludes halogenated alkanes) is 3. The lowest BCUT2D eigenvalue weighted by Crippen LogP contribution is -2.28. The van der Waals surface area contributed by atoms with Gasteiger partial charge in [0.2, 0.25) is 0 Å². The van der Waals surface area contributed by atoms with Crippen LogP contribution in [0.2, 0.25) is 0 Å². The second kappa shape index (κ2) is 7.66. The molecule has 1 fully saturated rings. The van der Waals surface area contributed by atoms with Crippen LogP contribution in [0.5, 0.6) is 0 Å². The molecule has 3 N–H and O–H groups in total. The van der Waals surface area contributed by atoms with E-state index in [4.69, 9.17) is 5.84 Å². The second-order valence-corrected chi connectivity index (χ2v) is 5.87. The molecule has 1 atom stereocenters. The molecule has 0 aromatic heterocycles. The Labute approximate surface area is 117 Å². The second-order valence-electron chi connectivity index (χ2n) is 5.87. The lowest BCUT2D eigenvalue weighted by molar-refractivity contribution is 0.418. The highest BCUT2D eigenvalue weighted by Crippen LogP contribution is 2.37. The first-order chi connectivity index (χ1) is 9.35. The predicted molar refractivity (Wildman–Crippen MR) is 81.9 cm³/mol. The first-order valence-electron chi connectivity index (χ1n) is 7.91. The third-order valence-corrected chi connectivity index (χ3v) is 4.44. The predicted octanol–water partition coefficient (Wildman–Crippen LogP) is 4.43. The van der Waals surface area contributed by atoms with E-state index in [9.17, 15) is 0 Å². The fourth-order valence-corrected chi connectivity index (χ4v) is 2.89. The first kappa shape index (κ1) is 14.5. The molecule has 2 heteroatoms. The third-order valence-electron chi connectivity index (χ3n) is 4.44. The minimum absolute atomic E-state index is 0.317. The van der Waals surface area contributed by atoms with Crippen molar-refractivity contribution in [3.05, 3.63) is 35.4 Å². The van der Waals surface area contributed by atoms with E-state index < -0.39 is 0 Å². The molecule has 0 spiro atoms. The van der Waals surface area contributed by atoms with Crippen LogP contribution in [0.1, 0.15) is 81.4 Å². The van der Waals surface area contributed by atoms with Crippen LogP contribution >= 0.6 is 0 Å². The standard InChI is InChI=1S/C17H28N2/c1-2-3-4-5-12-17(19-18)16-11-7-10-15(13-16)14-8-6-9-14/h7,10-11,13-14,17,19H,2-6,8-9,12,18H2,1H3. The third kappa shape index (κ3) is 4.05. The number of hydrogen-bond donors (Lipinski definition) is 2. The van der Waals surface area contributed by atoms with Crippen molar-refractivity contribution in [2.75, 3.05) is 0 Å². The van der Waals surface area contributed by atoms with Crippen LogP contribution in [0.15, 0.2) is 24.3 Å². The molecule has 0 heterocycles. The monoisotopic (exact) mass is 260 g/mol. The van der Waals surface area contributed by atoms with Gasteiger partial charge >= 0.3 is 0 Å². The molecule has 0 aliphatic heterocycles. The Kier molecular flexibility index (Phi) is 5.87. The van der Waals surface area contributed by atoms with Crippen molar-refractivity contribution >= 4 is 0 Å². The van der Waals surface area contributed by atoms with Crippen molar-refractivity contribution in [1.29, 1.82) is 0 Å². The minimum Gasteiger partial charge on any atom is -0.271 e. The lowest BCUT2D eigenvalue weighted by Gasteiger charge is -2.27. The summed E-state index contributed by atoms with van der Waals surface area (Å²) in [6.45, 7) is 2.25. The Hall–Kier alpha value is -0.860. The van der Waals surface area contributed by atoms with Crippen molar-refractivity contribution in [2.45, 2.75) is 70.3 Å². The molecule has 2 rings (SSSR count). The van der Waals surface area contributed by atoms with E-state index in [1.807, 2.05) is 0 Å². The summed E-state index contributed by atoms with van der Waals surface area (Å²) in [6.07, 6.45) is 10.5. The molecule has 0 saturated heterocycles. The molecule has 106 valence electrons. The summed E-state index contributed by atoms with van der Waals surface area (Å²) in [7, 11) is 0. The van der Waals surface area contributed by atoms with Crippen LogP contribution in [-0.2, 0) is 0 Å². The average molecular weight is 260 g/mol. The van der Waals surface area contributed by atoms with E-state index in [0.29, 0.717) is 6.04 Å². The molecule has 1 saturated carbocycles. The summed E-state index contributed by atoms with van der Waals surface area (Å²) < 4.78 is 0. The molecule has 1 aliphatic rings. The highest BCUT2D eigenvalue weighted by atomic mass is 15.2. The van der Waals surface area contributed by atoms with E-state index >= 15 is 0 Å². The van der Waals surface area contributed by atoms with Gasteiger partial charge in [0, 0.05) is 6.04 Å². The molecule has 0 bridgehead atoms. The maximum atomic E-state index is 5.74. The van der Waals surface area contributed by atoms with E-state index in [1.54, 1.807) is 0 Å². The number of benzene rings is 1. The fraction of sp³-hybridized carbons (Fsp3) is 0.647. The minimum atomic E-state index is 0.317. The van der Waals surface area contributed by atoms with Crippen LogP contribution in [-0.4, -0.2) is 0 Å². The number of nitrogens with one attached hydrogen (secondary N) is 1. The molecule has 0 amide bonds. The van der Waals surface area contributed by atoms with Gasteiger partial charge in [-0.1, -0.05) is 63.3 Å². The molecule has 0 radical (unpaired) electrons. The van der Waals surface area contributed by atoms with Gasteiger partial charge in [-0.15, -0.1) is 0 Å². The Bertz CT molecular complexity index is 371. The smallest absolute Gasteiger partial charge is 0.0460 e. The van der Waals surface area contributed by atoms with E-state index in [2.05, 4.69) is 36.6 Å². The highest BCUT2D eigenvalue weighted by Gasteiger charge is 2.20. The van der Waals surface area contributed by atoms with E-state index in [-0.39, 0.29) is 0 Å². The van der Waals surface area contributed by atoms with Crippen molar-refractivity contribution in [1.82, 2.24) is 5.43 Å². The first-order valence-corrected chi connectivity index (χ1v) is 7.91. The molecule has 19 heavy (non-hydrogen) atoms. The molecule has 1 aromatic carbocycles. The Balaban J connectivity index is 1.93. The number of hydrogen-bond acceptors (Lipinski definition) is 2. The molecule has 2 nitrogen and oxygen atoms in total. The van der Waals surface area contributed by atoms with Crippen molar-refractivity contribution in [3.8, 4) is 0 Å². The van der Waals surface area contributed by atoms with Crippen LogP contribution < -0.4 is 11.3 Å². The largest absolute Gasteiger partial charge is 0.271 e. The Morgan fingerprint density at radius 1 is 1.26 bits per heavy atom. The summed E-state index contributed by atoms with van der Waals surface area (Å²) in [5, 5.41) is 0. The van der Waals surface area contributed by atoms with Crippen molar-refractivity contribution in [3.63, 3.8) is 0 Å². The van der Waals surface area contributed by atoms with Crippen LogP contribution in [0.4, 0.5) is 0 Å². The molecule has 1 aliphatic carbocycles. The van der Waals surface area contributed by atoms with Crippen molar-refractivity contribution < 1.29 is 0 Å². The van der Waals surface area contributed by atoms with E-state index in [1.165, 1.54) is 56.1 Å². The Morgan fingerprint density at radius 3 is 2.74 bits per heavy atom. The summed E-state index contributed by atoms with van der Waals surface area (Å²) >= 11 is 0. The fourth-order valence-electron chi connectivity index (χ4n) is 2.89. The van der Waals surface area contributed by atoms with Crippen LogP contribution in [0.3, 0.4) is 0 Å². The van der Waals surface area contributed by atoms with Gasteiger partial charge < -0.3 is 0 Å². The maximum absolute atomic E-state index is 5.74. The van der Waals surface area contributed by atoms with Gasteiger partial charge in [0.05, 0.1) is 0 Å². The molecule has 1 unspecified atom stereocenters. The molecule has 1 aromatic rings.